The van der Waals surface area contributed by atoms with Crippen molar-refractivity contribution in [2.75, 3.05) is 26.4 Å². The molecule has 0 aromatic heterocycles. The molecular weight excluding hydrogens is 1010 g/mol. The van der Waals surface area contributed by atoms with E-state index in [0.29, 0.717) is 24.7 Å². The minimum absolute atomic E-state index is 0.0207. The van der Waals surface area contributed by atoms with Crippen LogP contribution in [0.5, 0.6) is 0 Å². The molecule has 436 valence electrons. The Morgan fingerprint density at radius 1 is 0.727 bits per heavy atom. The van der Waals surface area contributed by atoms with Gasteiger partial charge in [0.1, 0.15) is 85.3 Å². The van der Waals surface area contributed by atoms with E-state index in [-0.39, 0.29) is 41.7 Å². The number of hydrogen-bond donors (Lipinski definition) is 11. The van der Waals surface area contributed by atoms with Gasteiger partial charge in [0.2, 0.25) is 11.8 Å². The summed E-state index contributed by atoms with van der Waals surface area (Å²) in [4.78, 5) is 38.0. The molecule has 4 aliphatic heterocycles. The average Bonchev–Trinajstić information content (AvgIpc) is 3.84. The van der Waals surface area contributed by atoms with Crippen molar-refractivity contribution in [1.82, 2.24) is 10.6 Å². The van der Waals surface area contributed by atoms with Crippen LogP contribution in [0.2, 0.25) is 0 Å². The Morgan fingerprint density at radius 3 is 1.99 bits per heavy atom. The molecule has 25 atom stereocenters. The molecule has 77 heavy (non-hydrogen) atoms. The van der Waals surface area contributed by atoms with Gasteiger partial charge in [-0.15, -0.1) is 0 Å². The van der Waals surface area contributed by atoms with Gasteiger partial charge in [0.25, 0.3) is 0 Å². The van der Waals surface area contributed by atoms with E-state index in [4.69, 9.17) is 37.9 Å². The summed E-state index contributed by atoms with van der Waals surface area (Å²) in [6, 6.07) is -2.87. The number of hydrogen-bond acceptors (Lipinski definition) is 20. The number of ketones is 1. The number of fused-ring (bicyclic) bond motifs is 5. The molecule has 2 amide bonds. The summed E-state index contributed by atoms with van der Waals surface area (Å²) in [5.41, 5.74) is 3.07. The highest BCUT2D eigenvalue weighted by Crippen LogP contribution is 2.67. The SMILES string of the molecule is CC(=O)NC1C(O)[C@H](O)C(CO[C@@H]2OC[C@@H](O)C(O)C2O)O[C@H]1OC1C(O)[C@H](O[C@@H]2OC(CO)[C@H](O)C(O)C2NC(C)=O)CO[C@H]1O[C@H]1CC[C@]2(C)C3=CC[C@]4(C)[C@@H]([C@H](C)CC(=O)C=C(C)C)CC[C@H]4C3=CC[C@H]2C1(C)C. The molecule has 0 aromatic rings. The zero-order valence-corrected chi connectivity index (χ0v) is 45.8. The number of ether oxygens (including phenoxy) is 8. The van der Waals surface area contributed by atoms with Crippen LogP contribution in [-0.4, -0.2) is 207 Å². The quantitative estimate of drug-likeness (QED) is 0.0900. The van der Waals surface area contributed by atoms with Crippen LogP contribution >= 0.6 is 0 Å². The maximum atomic E-state index is 12.9. The first-order valence-corrected chi connectivity index (χ1v) is 27.5. The van der Waals surface area contributed by atoms with Crippen molar-refractivity contribution in [3.05, 3.63) is 34.9 Å². The first-order chi connectivity index (χ1) is 36.2. The second kappa shape index (κ2) is 23.9. The van der Waals surface area contributed by atoms with E-state index in [1.54, 1.807) is 6.08 Å². The fraction of sp³-hybridized carbons (Fsp3) is 0.836. The number of carbonyl (C=O) groups excluding carboxylic acids is 3. The summed E-state index contributed by atoms with van der Waals surface area (Å²) >= 11 is 0. The second-order valence-electron chi connectivity index (χ2n) is 24.5. The molecule has 4 heterocycles. The minimum atomic E-state index is -1.79. The topological polar surface area (TPSA) is 331 Å². The monoisotopic (exact) mass is 1090 g/mol. The zero-order chi connectivity index (χ0) is 56.2. The van der Waals surface area contributed by atoms with Crippen molar-refractivity contribution in [3.63, 3.8) is 0 Å². The Balaban J connectivity index is 1.05. The second-order valence-corrected chi connectivity index (χ2v) is 24.5. The van der Waals surface area contributed by atoms with Gasteiger partial charge >= 0.3 is 0 Å². The third-order valence-corrected chi connectivity index (χ3v) is 18.6. The van der Waals surface area contributed by atoms with Crippen LogP contribution in [0.1, 0.15) is 107 Å². The van der Waals surface area contributed by atoms with E-state index >= 15 is 0 Å². The Labute approximate surface area is 450 Å². The Bertz CT molecular complexity index is 2210. The third-order valence-electron chi connectivity index (χ3n) is 18.6. The van der Waals surface area contributed by atoms with Crippen molar-refractivity contribution in [2.24, 2.45) is 39.9 Å². The van der Waals surface area contributed by atoms with Crippen LogP contribution in [-0.2, 0) is 52.3 Å². The molecule has 4 aliphatic carbocycles. The zero-order valence-electron chi connectivity index (χ0n) is 45.8. The lowest BCUT2D eigenvalue weighted by Gasteiger charge is -2.60. The maximum Gasteiger partial charge on any atom is 0.217 e. The number of allylic oxidation sites excluding steroid dienone is 6. The van der Waals surface area contributed by atoms with E-state index in [1.165, 1.54) is 25.0 Å². The molecule has 0 radical (unpaired) electrons. The molecule has 22 nitrogen and oxygen atoms in total. The Kier molecular flexibility index (Phi) is 18.7. The number of rotatable bonds is 16. The molecule has 0 bridgehead atoms. The van der Waals surface area contributed by atoms with Crippen molar-refractivity contribution >= 4 is 17.6 Å². The fourth-order valence-electron chi connectivity index (χ4n) is 14.6. The van der Waals surface area contributed by atoms with Gasteiger partial charge in [0, 0.05) is 20.3 Å². The average molecular weight is 1100 g/mol. The first kappa shape index (κ1) is 60.3. The fourth-order valence-corrected chi connectivity index (χ4v) is 14.6. The molecule has 2 saturated carbocycles. The van der Waals surface area contributed by atoms with Gasteiger partial charge in [-0.05, 0) is 110 Å². The highest BCUT2D eigenvalue weighted by atomic mass is 16.8. The summed E-state index contributed by atoms with van der Waals surface area (Å²) in [5.74, 6) is 0.0303. The van der Waals surface area contributed by atoms with Crippen molar-refractivity contribution in [2.45, 2.75) is 224 Å². The van der Waals surface area contributed by atoms with Crippen LogP contribution in [0, 0.1) is 39.9 Å². The van der Waals surface area contributed by atoms with E-state index in [9.17, 15) is 60.3 Å². The normalized spacial score (nSPS) is 46.0. The molecular formula is C55H86N2O20. The van der Waals surface area contributed by atoms with Crippen LogP contribution in [0.4, 0.5) is 0 Å². The molecule has 0 aromatic carbocycles. The highest BCUT2D eigenvalue weighted by Gasteiger charge is 2.61. The van der Waals surface area contributed by atoms with Crippen molar-refractivity contribution < 1.29 is 98.2 Å². The van der Waals surface area contributed by atoms with E-state index in [2.05, 4.69) is 57.4 Å². The molecule has 6 fully saturated rings. The van der Waals surface area contributed by atoms with Gasteiger partial charge in [-0.1, -0.05) is 52.3 Å². The first-order valence-electron chi connectivity index (χ1n) is 27.5. The van der Waals surface area contributed by atoms with Crippen LogP contribution in [0.3, 0.4) is 0 Å². The van der Waals surface area contributed by atoms with Crippen molar-refractivity contribution in [1.29, 1.82) is 0 Å². The number of aliphatic hydroxyl groups is 9. The lowest BCUT2D eigenvalue weighted by Crippen LogP contribution is -2.68. The van der Waals surface area contributed by atoms with Gasteiger partial charge in [-0.2, -0.15) is 0 Å². The van der Waals surface area contributed by atoms with Gasteiger partial charge in [-0.3, -0.25) is 14.4 Å². The number of aliphatic hydroxyl groups excluding tert-OH is 9. The third kappa shape index (κ3) is 11.9. The summed E-state index contributed by atoms with van der Waals surface area (Å²) in [7, 11) is 0. The van der Waals surface area contributed by atoms with Crippen LogP contribution in [0.25, 0.3) is 0 Å². The highest BCUT2D eigenvalue weighted by molar-refractivity contribution is 5.90. The lowest BCUT2D eigenvalue weighted by molar-refractivity contribution is -0.371. The predicted octanol–water partition coefficient (Wildman–Crippen LogP) is -0.0934. The lowest BCUT2D eigenvalue weighted by atomic mass is 9.46. The molecule has 8 aliphatic rings. The molecule has 22 heteroatoms. The molecule has 10 unspecified atom stereocenters. The maximum absolute atomic E-state index is 12.9. The molecule has 11 N–H and O–H groups in total. The van der Waals surface area contributed by atoms with E-state index < -0.39 is 147 Å². The minimum Gasteiger partial charge on any atom is -0.394 e. The van der Waals surface area contributed by atoms with Gasteiger partial charge in [-0.25, -0.2) is 0 Å². The largest absolute Gasteiger partial charge is 0.394 e. The summed E-state index contributed by atoms with van der Waals surface area (Å²) < 4.78 is 49.4. The Morgan fingerprint density at radius 2 is 1.35 bits per heavy atom. The van der Waals surface area contributed by atoms with Crippen molar-refractivity contribution in [3.8, 4) is 0 Å². The number of carbonyl (C=O) groups is 3. The van der Waals surface area contributed by atoms with Gasteiger partial charge in [0.15, 0.2) is 30.9 Å². The predicted molar refractivity (Wildman–Crippen MR) is 270 cm³/mol. The van der Waals surface area contributed by atoms with Gasteiger partial charge < -0.3 is 94.5 Å². The number of amides is 2. The summed E-state index contributed by atoms with van der Waals surface area (Å²) in [5, 5.41) is 103. The smallest absolute Gasteiger partial charge is 0.217 e. The van der Waals surface area contributed by atoms with E-state index in [0.717, 1.165) is 37.7 Å². The van der Waals surface area contributed by atoms with E-state index in [1.807, 2.05) is 13.8 Å². The summed E-state index contributed by atoms with van der Waals surface area (Å²) in [6.45, 7) is 15.5. The number of nitrogens with one attached hydrogen (secondary N) is 2. The standard InChI is InChI=1S/C55H86N2O20/c1-24(2)18-28(61)19-25(3)30-11-12-31-29-10-13-37-53(6,7)38(15-17-55(37,9)32(29)14-16-54(30,31)8)76-52-48(44(66)36(23-72-52)75-49-39(56-26(4)59)45(67)42(64)34(20-58)73-49)77-50-40(57-27(5)60)46(68)43(65)35(74-50)22-71-51-47(69)41(63)33(62)21-70-51/h10,14,18,25,30-31,33-52,58,62-69H,11-13,15-17,19-23H2,1-9H3,(H,56,59)(H,57,60)/t25-,30-,31+,33-,34?,35?,36-,37+,38+,39?,40?,41?,42+,43-,44?,45?,46?,47?,48?,49+,50+,51+,52+,54-,55-/m1/s1. The van der Waals surface area contributed by atoms with Crippen LogP contribution in [0.15, 0.2) is 34.9 Å². The Hall–Kier alpha value is -2.85. The molecule has 0 spiro atoms. The summed E-state index contributed by atoms with van der Waals surface area (Å²) in [6.07, 6.45) is -13.4. The molecule has 4 saturated heterocycles. The van der Waals surface area contributed by atoms with Crippen LogP contribution < -0.4 is 10.6 Å². The van der Waals surface area contributed by atoms with Gasteiger partial charge in [0.05, 0.1) is 32.5 Å². The molecule has 8 rings (SSSR count).